The molecular formula is C32H31Cl2N3O6S. The van der Waals surface area contributed by atoms with Crippen LogP contribution in [-0.4, -0.2) is 40.3 Å². The first-order valence-electron chi connectivity index (χ1n) is 13.7. The molecule has 44 heavy (non-hydrogen) atoms. The van der Waals surface area contributed by atoms with E-state index in [1.165, 1.54) is 30.5 Å². The van der Waals surface area contributed by atoms with Gasteiger partial charge >= 0.3 is 0 Å². The molecule has 230 valence electrons. The number of ether oxygens (including phenoxy) is 3. The van der Waals surface area contributed by atoms with Crippen LogP contribution < -0.4 is 23.9 Å². The van der Waals surface area contributed by atoms with Crippen molar-refractivity contribution in [2.75, 3.05) is 24.1 Å². The first kappa shape index (κ1) is 32.7. The SMILES string of the molecule is CCOc1ccc(N(CC(=O)N/N=C\c2ccc(OCc3cccc(Cl)c3)c(OCC)c2)S(=O)(=O)c2ccc(Cl)cc2)cc1. The van der Waals surface area contributed by atoms with Crippen LogP contribution in [0.15, 0.2) is 101 Å². The zero-order valence-corrected chi connectivity index (χ0v) is 26.4. The topological polar surface area (TPSA) is 107 Å². The van der Waals surface area contributed by atoms with Gasteiger partial charge < -0.3 is 14.2 Å². The van der Waals surface area contributed by atoms with Crippen LogP contribution >= 0.6 is 23.2 Å². The zero-order valence-electron chi connectivity index (χ0n) is 24.1. The Morgan fingerprint density at radius 1 is 0.841 bits per heavy atom. The number of anilines is 1. The molecule has 0 unspecified atom stereocenters. The molecule has 4 rings (SSSR count). The molecule has 0 heterocycles. The summed E-state index contributed by atoms with van der Waals surface area (Å²) in [4.78, 5) is 12.9. The molecule has 0 aromatic heterocycles. The highest BCUT2D eigenvalue weighted by molar-refractivity contribution is 7.92. The Morgan fingerprint density at radius 3 is 2.25 bits per heavy atom. The number of benzene rings is 4. The van der Waals surface area contributed by atoms with Gasteiger partial charge in [0.1, 0.15) is 18.9 Å². The van der Waals surface area contributed by atoms with Crippen LogP contribution in [0.3, 0.4) is 0 Å². The zero-order chi connectivity index (χ0) is 31.5. The monoisotopic (exact) mass is 655 g/mol. The van der Waals surface area contributed by atoms with Gasteiger partial charge in [0, 0.05) is 10.0 Å². The van der Waals surface area contributed by atoms with Gasteiger partial charge in [-0.3, -0.25) is 9.10 Å². The fraction of sp³-hybridized carbons (Fsp3) is 0.188. The summed E-state index contributed by atoms with van der Waals surface area (Å²) in [7, 11) is -4.13. The third kappa shape index (κ3) is 8.89. The molecule has 0 atom stereocenters. The predicted molar refractivity (Wildman–Crippen MR) is 173 cm³/mol. The van der Waals surface area contributed by atoms with Crippen LogP contribution in [0.25, 0.3) is 0 Å². The lowest BCUT2D eigenvalue weighted by molar-refractivity contribution is -0.119. The van der Waals surface area contributed by atoms with Crippen molar-refractivity contribution in [2.24, 2.45) is 5.10 Å². The van der Waals surface area contributed by atoms with Gasteiger partial charge in [-0.15, -0.1) is 0 Å². The highest BCUT2D eigenvalue weighted by atomic mass is 35.5. The van der Waals surface area contributed by atoms with Gasteiger partial charge in [0.25, 0.3) is 15.9 Å². The van der Waals surface area contributed by atoms with Crippen molar-refractivity contribution in [1.29, 1.82) is 0 Å². The smallest absolute Gasteiger partial charge is 0.264 e. The van der Waals surface area contributed by atoms with Gasteiger partial charge in [-0.25, -0.2) is 13.8 Å². The summed E-state index contributed by atoms with van der Waals surface area (Å²) in [6, 6.07) is 24.7. The standard InChI is InChI=1S/C32H31Cl2N3O6S/c1-3-41-28-13-11-27(12-14-28)37(44(39,40)29-15-9-25(33)10-16-29)21-32(38)36-35-20-23-8-17-30(31(19-23)42-4-2)43-22-24-6-5-7-26(34)18-24/h5-20H,3-4,21-22H2,1-2H3,(H,36,38)/b35-20-. The van der Waals surface area contributed by atoms with Gasteiger partial charge in [0.05, 0.1) is 30.0 Å². The molecule has 0 aliphatic rings. The molecule has 0 spiro atoms. The number of amides is 1. The summed E-state index contributed by atoms with van der Waals surface area (Å²) in [6.07, 6.45) is 1.43. The minimum Gasteiger partial charge on any atom is -0.494 e. The highest BCUT2D eigenvalue weighted by Crippen LogP contribution is 2.29. The average molecular weight is 657 g/mol. The first-order valence-corrected chi connectivity index (χ1v) is 15.9. The van der Waals surface area contributed by atoms with Gasteiger partial charge in [-0.05, 0) is 104 Å². The quantitative estimate of drug-likeness (QED) is 0.119. The summed E-state index contributed by atoms with van der Waals surface area (Å²) in [6.45, 7) is 4.34. The van der Waals surface area contributed by atoms with E-state index in [1.807, 2.05) is 32.0 Å². The maximum atomic E-state index is 13.6. The molecule has 0 saturated heterocycles. The number of rotatable bonds is 14. The fourth-order valence-corrected chi connectivity index (χ4v) is 5.81. The van der Waals surface area contributed by atoms with Gasteiger partial charge in [-0.2, -0.15) is 5.10 Å². The number of carbonyl (C=O) groups excluding carboxylic acids is 1. The van der Waals surface area contributed by atoms with Crippen LogP contribution in [0.2, 0.25) is 10.0 Å². The number of hydrogen-bond acceptors (Lipinski definition) is 7. The van der Waals surface area contributed by atoms with E-state index in [1.54, 1.807) is 48.5 Å². The molecule has 0 fully saturated rings. The maximum absolute atomic E-state index is 13.6. The second-order valence-electron chi connectivity index (χ2n) is 9.24. The number of hydrazone groups is 1. The van der Waals surface area contributed by atoms with Crippen LogP contribution in [0.1, 0.15) is 25.0 Å². The summed E-state index contributed by atoms with van der Waals surface area (Å²) in [5.74, 6) is 0.951. The summed E-state index contributed by atoms with van der Waals surface area (Å²) < 4.78 is 45.3. The minimum atomic E-state index is -4.13. The van der Waals surface area contributed by atoms with E-state index in [0.29, 0.717) is 52.7 Å². The molecule has 0 bridgehead atoms. The number of halogens is 2. The van der Waals surface area contributed by atoms with Crippen molar-refractivity contribution in [2.45, 2.75) is 25.3 Å². The third-order valence-corrected chi connectivity index (χ3v) is 8.35. The Balaban J connectivity index is 1.48. The van der Waals surface area contributed by atoms with E-state index in [0.717, 1.165) is 9.87 Å². The Labute approximate surface area is 267 Å². The van der Waals surface area contributed by atoms with E-state index in [4.69, 9.17) is 37.4 Å². The van der Waals surface area contributed by atoms with Gasteiger partial charge in [0.2, 0.25) is 0 Å². The number of carbonyl (C=O) groups is 1. The summed E-state index contributed by atoms with van der Waals surface area (Å²) in [5.41, 5.74) is 4.22. The molecule has 4 aromatic carbocycles. The molecule has 1 N–H and O–H groups in total. The van der Waals surface area contributed by atoms with Crippen molar-refractivity contribution in [1.82, 2.24) is 5.43 Å². The number of nitrogens with one attached hydrogen (secondary N) is 1. The summed E-state index contributed by atoms with van der Waals surface area (Å²) >= 11 is 12.0. The lowest BCUT2D eigenvalue weighted by Crippen LogP contribution is -2.39. The number of nitrogens with zero attached hydrogens (tertiary/aromatic N) is 2. The Kier molecular flexibility index (Phi) is 11.5. The Hall–Kier alpha value is -4.25. The van der Waals surface area contributed by atoms with Crippen molar-refractivity contribution >= 4 is 51.0 Å². The Morgan fingerprint density at radius 2 is 1.57 bits per heavy atom. The second-order valence-corrected chi connectivity index (χ2v) is 12.0. The molecule has 0 aliphatic heterocycles. The van der Waals surface area contributed by atoms with Crippen LogP contribution in [0.5, 0.6) is 17.2 Å². The Bertz CT molecular complexity index is 1700. The van der Waals surface area contributed by atoms with E-state index >= 15 is 0 Å². The van der Waals surface area contributed by atoms with Crippen molar-refractivity contribution in [3.63, 3.8) is 0 Å². The number of sulfonamides is 1. The maximum Gasteiger partial charge on any atom is 0.264 e. The largest absolute Gasteiger partial charge is 0.494 e. The van der Waals surface area contributed by atoms with Crippen molar-refractivity contribution in [3.05, 3.63) is 112 Å². The molecule has 12 heteroatoms. The molecule has 9 nitrogen and oxygen atoms in total. The van der Waals surface area contributed by atoms with Crippen LogP contribution in [0.4, 0.5) is 5.69 Å². The number of hydrogen-bond donors (Lipinski definition) is 1. The second kappa shape index (κ2) is 15.5. The molecule has 1 amide bonds. The van der Waals surface area contributed by atoms with Crippen molar-refractivity contribution < 1.29 is 27.4 Å². The minimum absolute atomic E-state index is 0.0202. The molecule has 0 saturated carbocycles. The van der Waals surface area contributed by atoms with E-state index in [9.17, 15) is 13.2 Å². The van der Waals surface area contributed by atoms with E-state index in [-0.39, 0.29) is 10.6 Å². The third-order valence-electron chi connectivity index (χ3n) is 6.08. The lowest BCUT2D eigenvalue weighted by Gasteiger charge is -2.24. The molecule has 0 aliphatic carbocycles. The van der Waals surface area contributed by atoms with Gasteiger partial charge in [-0.1, -0.05) is 35.3 Å². The van der Waals surface area contributed by atoms with Gasteiger partial charge in [0.15, 0.2) is 11.5 Å². The lowest BCUT2D eigenvalue weighted by atomic mass is 10.2. The summed E-state index contributed by atoms with van der Waals surface area (Å²) in [5, 5.41) is 5.04. The normalized spacial score (nSPS) is 11.3. The van der Waals surface area contributed by atoms with Crippen LogP contribution in [-0.2, 0) is 21.4 Å². The van der Waals surface area contributed by atoms with Crippen LogP contribution in [0, 0.1) is 0 Å². The molecule has 4 aromatic rings. The fourth-order valence-electron chi connectivity index (χ4n) is 4.05. The van der Waals surface area contributed by atoms with E-state index < -0.39 is 22.5 Å². The molecule has 0 radical (unpaired) electrons. The predicted octanol–water partition coefficient (Wildman–Crippen LogP) is 6.72. The highest BCUT2D eigenvalue weighted by Gasteiger charge is 2.27. The van der Waals surface area contributed by atoms with Crippen molar-refractivity contribution in [3.8, 4) is 17.2 Å². The van der Waals surface area contributed by atoms with E-state index in [2.05, 4.69) is 10.5 Å². The average Bonchev–Trinajstić information content (AvgIpc) is 3.00. The molecular weight excluding hydrogens is 625 g/mol. The first-order chi connectivity index (χ1) is 21.2.